The Bertz CT molecular complexity index is 932. The Morgan fingerprint density at radius 2 is 1.90 bits per heavy atom. The normalized spacial score (nSPS) is 19.1. The molecule has 31 heavy (non-hydrogen) atoms. The van der Waals surface area contributed by atoms with Crippen molar-refractivity contribution in [3.05, 3.63) is 51.5 Å². The molecule has 8 nitrogen and oxygen atoms in total. The molecule has 1 heterocycles. The monoisotopic (exact) mass is 442 g/mol. The maximum atomic E-state index is 13.2. The zero-order chi connectivity index (χ0) is 22.6. The second kappa shape index (κ2) is 9.41. The maximum Gasteiger partial charge on any atom is 0.416 e. The van der Waals surface area contributed by atoms with Crippen LogP contribution in [0.15, 0.2) is 24.4 Å². The average Bonchev–Trinajstić information content (AvgIpc) is 2.71. The summed E-state index contributed by atoms with van der Waals surface area (Å²) in [6, 6.07) is 2.53. The van der Waals surface area contributed by atoms with E-state index >= 15 is 0 Å². The SMILES string of the molecule is NC1CCC(CNc2nc(NCc3ccc(F)cc3C(F)(F)F)ncc2[N+](=O)[O-])CC1. The van der Waals surface area contributed by atoms with Gasteiger partial charge in [0.1, 0.15) is 12.0 Å². The first-order chi connectivity index (χ1) is 14.6. The van der Waals surface area contributed by atoms with E-state index in [1.165, 1.54) is 0 Å². The van der Waals surface area contributed by atoms with Crippen molar-refractivity contribution in [2.45, 2.75) is 44.4 Å². The third-order valence-electron chi connectivity index (χ3n) is 5.23. The molecule has 0 atom stereocenters. The van der Waals surface area contributed by atoms with Crippen LogP contribution < -0.4 is 16.4 Å². The Kier molecular flexibility index (Phi) is 6.88. The van der Waals surface area contributed by atoms with Crippen LogP contribution in [0.2, 0.25) is 0 Å². The second-order valence-electron chi connectivity index (χ2n) is 7.50. The van der Waals surface area contributed by atoms with Gasteiger partial charge in [-0.2, -0.15) is 18.2 Å². The number of rotatable bonds is 7. The topological polar surface area (TPSA) is 119 Å². The van der Waals surface area contributed by atoms with Crippen molar-refractivity contribution in [2.75, 3.05) is 17.2 Å². The molecule has 4 N–H and O–H groups in total. The smallest absolute Gasteiger partial charge is 0.364 e. The molecule has 1 aliphatic carbocycles. The van der Waals surface area contributed by atoms with E-state index in [9.17, 15) is 27.7 Å². The number of alkyl halides is 3. The number of nitrogens with one attached hydrogen (secondary N) is 2. The first-order valence-corrected chi connectivity index (χ1v) is 9.74. The molecule has 0 saturated heterocycles. The highest BCUT2D eigenvalue weighted by Crippen LogP contribution is 2.33. The minimum Gasteiger partial charge on any atom is -0.364 e. The second-order valence-corrected chi connectivity index (χ2v) is 7.50. The summed E-state index contributed by atoms with van der Waals surface area (Å²) in [5, 5.41) is 16.9. The Morgan fingerprint density at radius 1 is 1.19 bits per heavy atom. The van der Waals surface area contributed by atoms with Crippen molar-refractivity contribution in [3.8, 4) is 0 Å². The van der Waals surface area contributed by atoms with E-state index in [2.05, 4.69) is 20.6 Å². The summed E-state index contributed by atoms with van der Waals surface area (Å²) in [6.07, 6.45) is -0.200. The van der Waals surface area contributed by atoms with Crippen LogP contribution in [0.3, 0.4) is 0 Å². The van der Waals surface area contributed by atoms with Crippen molar-refractivity contribution in [2.24, 2.45) is 11.7 Å². The van der Waals surface area contributed by atoms with Crippen LogP contribution in [0.5, 0.6) is 0 Å². The molecule has 12 heteroatoms. The van der Waals surface area contributed by atoms with Gasteiger partial charge in [0, 0.05) is 19.1 Å². The number of aromatic nitrogens is 2. The van der Waals surface area contributed by atoms with E-state index in [0.29, 0.717) is 18.5 Å². The van der Waals surface area contributed by atoms with Crippen LogP contribution in [0, 0.1) is 21.8 Å². The molecule has 0 unspecified atom stereocenters. The fourth-order valence-corrected chi connectivity index (χ4v) is 3.50. The summed E-state index contributed by atoms with van der Waals surface area (Å²) in [6.45, 7) is 0.118. The number of anilines is 2. The number of halogens is 4. The van der Waals surface area contributed by atoms with Gasteiger partial charge >= 0.3 is 11.9 Å². The number of benzene rings is 1. The van der Waals surface area contributed by atoms with E-state index < -0.39 is 22.5 Å². The third-order valence-corrected chi connectivity index (χ3v) is 5.23. The van der Waals surface area contributed by atoms with E-state index in [4.69, 9.17) is 5.73 Å². The van der Waals surface area contributed by atoms with Crippen LogP contribution in [-0.4, -0.2) is 27.5 Å². The molecule has 1 aromatic carbocycles. The Hall–Kier alpha value is -3.02. The van der Waals surface area contributed by atoms with E-state index in [0.717, 1.165) is 44.0 Å². The lowest BCUT2D eigenvalue weighted by Crippen LogP contribution is -2.29. The Labute approximate surface area is 175 Å². The molecule has 0 bridgehead atoms. The standard InChI is InChI=1S/C19H22F4N6O2/c20-13-4-3-12(15(7-13)19(21,22)23)9-26-18-27-10-16(29(30)31)17(28-18)25-8-11-1-5-14(24)6-2-11/h3-4,7,10-11,14H,1-2,5-6,8-9,24H2,(H2,25,26,27,28). The minimum absolute atomic E-state index is 0.0208. The Balaban J connectivity index is 1.73. The highest BCUT2D eigenvalue weighted by molar-refractivity contribution is 5.57. The van der Waals surface area contributed by atoms with Crippen molar-refractivity contribution in [1.29, 1.82) is 0 Å². The zero-order valence-electron chi connectivity index (χ0n) is 16.5. The third kappa shape index (κ3) is 6.00. The van der Waals surface area contributed by atoms with Crippen LogP contribution >= 0.6 is 0 Å². The predicted molar refractivity (Wildman–Crippen MR) is 106 cm³/mol. The van der Waals surface area contributed by atoms with Crippen molar-refractivity contribution < 1.29 is 22.5 Å². The average molecular weight is 442 g/mol. The minimum atomic E-state index is -4.73. The highest BCUT2D eigenvalue weighted by Gasteiger charge is 2.33. The van der Waals surface area contributed by atoms with Crippen LogP contribution in [0.25, 0.3) is 0 Å². The van der Waals surface area contributed by atoms with Gasteiger partial charge < -0.3 is 16.4 Å². The lowest BCUT2D eigenvalue weighted by Gasteiger charge is -2.26. The molecular formula is C19H22F4N6O2. The van der Waals surface area contributed by atoms with Crippen LogP contribution in [0.4, 0.5) is 35.0 Å². The maximum absolute atomic E-state index is 13.2. The first-order valence-electron chi connectivity index (χ1n) is 9.74. The van der Waals surface area contributed by atoms with Gasteiger partial charge in [0.05, 0.1) is 10.5 Å². The summed E-state index contributed by atoms with van der Waals surface area (Å²) in [4.78, 5) is 18.5. The summed E-state index contributed by atoms with van der Waals surface area (Å²) < 4.78 is 52.7. The van der Waals surface area contributed by atoms with Gasteiger partial charge in [0.2, 0.25) is 11.8 Å². The Morgan fingerprint density at radius 3 is 2.55 bits per heavy atom. The number of hydrogen-bond acceptors (Lipinski definition) is 7. The molecule has 1 aliphatic rings. The lowest BCUT2D eigenvalue weighted by atomic mass is 9.86. The quantitative estimate of drug-likeness (QED) is 0.336. The molecular weight excluding hydrogens is 420 g/mol. The molecule has 2 aromatic rings. The van der Waals surface area contributed by atoms with E-state index in [-0.39, 0.29) is 35.6 Å². The van der Waals surface area contributed by atoms with Gasteiger partial charge in [-0.15, -0.1) is 0 Å². The summed E-state index contributed by atoms with van der Waals surface area (Å²) in [5.74, 6) is -0.819. The fourth-order valence-electron chi connectivity index (χ4n) is 3.50. The summed E-state index contributed by atoms with van der Waals surface area (Å²) in [7, 11) is 0. The molecule has 0 spiro atoms. The molecule has 3 rings (SSSR count). The van der Waals surface area contributed by atoms with Gasteiger partial charge in [0.25, 0.3) is 0 Å². The summed E-state index contributed by atoms with van der Waals surface area (Å²) >= 11 is 0. The van der Waals surface area contributed by atoms with Gasteiger partial charge in [-0.1, -0.05) is 6.07 Å². The largest absolute Gasteiger partial charge is 0.416 e. The van der Waals surface area contributed by atoms with E-state index in [1.54, 1.807) is 0 Å². The van der Waals surface area contributed by atoms with Crippen molar-refractivity contribution >= 4 is 17.5 Å². The van der Waals surface area contributed by atoms with Gasteiger partial charge in [-0.05, 0) is 49.3 Å². The van der Waals surface area contributed by atoms with Crippen molar-refractivity contribution in [3.63, 3.8) is 0 Å². The first kappa shape index (κ1) is 22.7. The molecule has 0 amide bonds. The highest BCUT2D eigenvalue weighted by atomic mass is 19.4. The van der Waals surface area contributed by atoms with Crippen LogP contribution in [0.1, 0.15) is 36.8 Å². The fraction of sp³-hybridized carbons (Fsp3) is 0.474. The number of nitrogens with zero attached hydrogens (tertiary/aromatic N) is 3. The summed E-state index contributed by atoms with van der Waals surface area (Å²) in [5.41, 5.74) is 4.23. The lowest BCUT2D eigenvalue weighted by molar-refractivity contribution is -0.384. The predicted octanol–water partition coefficient (Wildman–Crippen LogP) is 4.08. The molecule has 0 radical (unpaired) electrons. The molecule has 168 valence electrons. The molecule has 1 fully saturated rings. The van der Waals surface area contributed by atoms with Crippen LogP contribution in [-0.2, 0) is 12.7 Å². The molecule has 1 aromatic heterocycles. The van der Waals surface area contributed by atoms with Crippen molar-refractivity contribution in [1.82, 2.24) is 9.97 Å². The van der Waals surface area contributed by atoms with Gasteiger partial charge in [-0.3, -0.25) is 10.1 Å². The number of nitro groups is 1. The zero-order valence-corrected chi connectivity index (χ0v) is 16.5. The number of nitrogens with two attached hydrogens (primary N) is 1. The van der Waals surface area contributed by atoms with Gasteiger partial charge in [-0.25, -0.2) is 9.37 Å². The molecule has 0 aliphatic heterocycles. The molecule has 1 saturated carbocycles. The van der Waals surface area contributed by atoms with Gasteiger partial charge in [0.15, 0.2) is 0 Å². The number of hydrogen-bond donors (Lipinski definition) is 3. The van der Waals surface area contributed by atoms with E-state index in [1.807, 2.05) is 0 Å².